The maximum Gasteiger partial charge on any atom is 0.309 e. The van der Waals surface area contributed by atoms with Crippen LogP contribution in [-0.4, -0.2) is 72.8 Å². The molecular formula is C22H33ClN6O4. The monoisotopic (exact) mass is 480 g/mol. The average Bonchev–Trinajstić information content (AvgIpc) is 2.80. The van der Waals surface area contributed by atoms with Crippen molar-refractivity contribution in [1.29, 1.82) is 0 Å². The van der Waals surface area contributed by atoms with Gasteiger partial charge < -0.3 is 26.2 Å². The molecule has 3 atom stereocenters. The highest BCUT2D eigenvalue weighted by Gasteiger charge is 2.38. The van der Waals surface area contributed by atoms with Crippen LogP contribution in [0.3, 0.4) is 0 Å². The van der Waals surface area contributed by atoms with Crippen molar-refractivity contribution in [2.45, 2.75) is 44.2 Å². The van der Waals surface area contributed by atoms with Gasteiger partial charge in [0.1, 0.15) is 0 Å². The fourth-order valence-corrected chi connectivity index (χ4v) is 4.59. The number of rotatable bonds is 5. The lowest BCUT2D eigenvalue weighted by Gasteiger charge is -2.38. The Morgan fingerprint density at radius 2 is 1.61 bits per heavy atom. The van der Waals surface area contributed by atoms with Crippen LogP contribution in [0.5, 0.6) is 0 Å². The number of pyridine rings is 1. The number of hydrogen-bond acceptors (Lipinski definition) is 6. The van der Waals surface area contributed by atoms with E-state index >= 15 is 0 Å². The first-order chi connectivity index (χ1) is 15.3. The van der Waals surface area contributed by atoms with Crippen LogP contribution in [-0.2, 0) is 19.2 Å². The highest BCUT2D eigenvalue weighted by atomic mass is 35.5. The van der Waals surface area contributed by atoms with Gasteiger partial charge in [0, 0.05) is 69.2 Å². The summed E-state index contributed by atoms with van der Waals surface area (Å²) in [5.74, 6) is -2.42. The number of carbonyl (C=O) groups excluding carboxylic acids is 4. The predicted octanol–water partition coefficient (Wildman–Crippen LogP) is 0.0630. The van der Waals surface area contributed by atoms with E-state index in [1.54, 1.807) is 31.4 Å². The van der Waals surface area contributed by atoms with Gasteiger partial charge in [-0.1, -0.05) is 0 Å². The first-order valence-electron chi connectivity index (χ1n) is 11.0. The molecule has 10 nitrogen and oxygen atoms in total. The number of amides is 4. The third-order valence-electron chi connectivity index (χ3n) is 6.40. The normalized spacial score (nSPS) is 23.1. The van der Waals surface area contributed by atoms with Crippen molar-refractivity contribution < 1.29 is 19.2 Å². The van der Waals surface area contributed by atoms with E-state index in [9.17, 15) is 19.2 Å². The molecule has 0 radical (unpaired) electrons. The number of halogens is 1. The van der Waals surface area contributed by atoms with Gasteiger partial charge in [0.2, 0.25) is 11.8 Å². The van der Waals surface area contributed by atoms with Gasteiger partial charge in [-0.25, -0.2) is 0 Å². The van der Waals surface area contributed by atoms with E-state index in [0.717, 1.165) is 18.8 Å². The average molecular weight is 481 g/mol. The highest BCUT2D eigenvalue weighted by Crippen LogP contribution is 2.28. The second-order valence-corrected chi connectivity index (χ2v) is 8.77. The van der Waals surface area contributed by atoms with E-state index in [1.165, 1.54) is 0 Å². The topological polar surface area (TPSA) is 138 Å². The number of carbonyl (C=O) groups is 4. The standard InChI is InChI=1S/C22H32N6O4.ClH/c1-27(2)22(32)15-3-4-17(25-21(31)19(23)29)18(13-15)26-20(30)14-7-11-28(12-8-14)16-5-9-24-10-6-16;/h5-6,9-10,14-15,17-18H,3-4,7-8,11-13H2,1-2H3,(H2,23,29)(H,25,31)(H,26,30);1H/t15-,17-,18+;/m0./s1. The maximum atomic E-state index is 13.0. The van der Waals surface area contributed by atoms with Crippen LogP contribution in [0.1, 0.15) is 32.1 Å². The molecular weight excluding hydrogens is 448 g/mol. The molecule has 3 rings (SSSR count). The Morgan fingerprint density at radius 1 is 0.970 bits per heavy atom. The third kappa shape index (κ3) is 6.80. The van der Waals surface area contributed by atoms with E-state index in [4.69, 9.17) is 5.73 Å². The summed E-state index contributed by atoms with van der Waals surface area (Å²) >= 11 is 0. The molecule has 4 amide bonds. The van der Waals surface area contributed by atoms with Crippen molar-refractivity contribution in [2.75, 3.05) is 32.1 Å². The quantitative estimate of drug-likeness (QED) is 0.509. The maximum absolute atomic E-state index is 13.0. The smallest absolute Gasteiger partial charge is 0.309 e. The Morgan fingerprint density at radius 3 is 2.18 bits per heavy atom. The minimum Gasteiger partial charge on any atom is -0.371 e. The van der Waals surface area contributed by atoms with E-state index < -0.39 is 23.9 Å². The van der Waals surface area contributed by atoms with Gasteiger partial charge in [-0.2, -0.15) is 0 Å². The van der Waals surface area contributed by atoms with Crippen molar-refractivity contribution in [1.82, 2.24) is 20.5 Å². The van der Waals surface area contributed by atoms with E-state index in [0.29, 0.717) is 32.1 Å². The lowest BCUT2D eigenvalue weighted by Crippen LogP contribution is -2.58. The first kappa shape index (κ1) is 26.4. The summed E-state index contributed by atoms with van der Waals surface area (Å²) < 4.78 is 0. The van der Waals surface area contributed by atoms with Crippen LogP contribution in [0, 0.1) is 11.8 Å². The van der Waals surface area contributed by atoms with Crippen molar-refractivity contribution in [3.05, 3.63) is 24.5 Å². The molecule has 4 N–H and O–H groups in total. The summed E-state index contributed by atoms with van der Waals surface area (Å²) in [6.45, 7) is 1.52. The summed E-state index contributed by atoms with van der Waals surface area (Å²) in [6, 6.07) is 3.03. The second kappa shape index (κ2) is 11.8. The zero-order chi connectivity index (χ0) is 23.3. The lowest BCUT2D eigenvalue weighted by molar-refractivity contribution is -0.139. The molecule has 0 unspecified atom stereocenters. The van der Waals surface area contributed by atoms with Gasteiger partial charge in [0.25, 0.3) is 0 Å². The van der Waals surface area contributed by atoms with Crippen LogP contribution in [0.4, 0.5) is 5.69 Å². The molecule has 182 valence electrons. The van der Waals surface area contributed by atoms with E-state index in [1.807, 2.05) is 12.1 Å². The fraction of sp³-hybridized carbons (Fsp3) is 0.591. The molecule has 2 fully saturated rings. The Hall–Kier alpha value is -2.88. The number of nitrogens with zero attached hydrogens (tertiary/aromatic N) is 3. The molecule has 1 aliphatic heterocycles. The molecule has 1 aromatic rings. The van der Waals surface area contributed by atoms with Gasteiger partial charge in [-0.05, 0) is 44.2 Å². The van der Waals surface area contributed by atoms with Gasteiger partial charge in [-0.15, -0.1) is 12.4 Å². The summed E-state index contributed by atoms with van der Waals surface area (Å²) in [4.78, 5) is 56.4. The lowest BCUT2D eigenvalue weighted by atomic mass is 9.81. The summed E-state index contributed by atoms with van der Waals surface area (Å²) in [5.41, 5.74) is 6.17. The Balaban J connectivity index is 0.00000385. The minimum atomic E-state index is -1.06. The predicted molar refractivity (Wildman–Crippen MR) is 126 cm³/mol. The largest absolute Gasteiger partial charge is 0.371 e. The number of nitrogens with two attached hydrogens (primary N) is 1. The molecule has 1 saturated carbocycles. The second-order valence-electron chi connectivity index (χ2n) is 8.77. The SMILES string of the molecule is CN(C)C(=O)[C@H]1CC[C@H](NC(=O)C(N)=O)[C@H](NC(=O)C2CCN(c3ccncc3)CC2)C1.Cl. The summed E-state index contributed by atoms with van der Waals surface area (Å²) in [6.07, 6.45) is 6.37. The first-order valence-corrected chi connectivity index (χ1v) is 11.0. The summed E-state index contributed by atoms with van der Waals surface area (Å²) in [7, 11) is 3.40. The Kier molecular flexibility index (Phi) is 9.45. The van der Waals surface area contributed by atoms with Gasteiger partial charge in [0.15, 0.2) is 0 Å². The zero-order valence-electron chi connectivity index (χ0n) is 19.0. The number of primary amides is 1. The van der Waals surface area contributed by atoms with Crippen LogP contribution in [0.2, 0.25) is 0 Å². The third-order valence-corrected chi connectivity index (χ3v) is 6.40. The van der Waals surface area contributed by atoms with Crippen molar-refractivity contribution in [3.8, 4) is 0 Å². The molecule has 1 saturated heterocycles. The van der Waals surface area contributed by atoms with Crippen LogP contribution in [0.25, 0.3) is 0 Å². The van der Waals surface area contributed by atoms with Crippen molar-refractivity contribution >= 4 is 41.7 Å². The molecule has 0 bridgehead atoms. The van der Waals surface area contributed by atoms with Crippen LogP contribution in [0.15, 0.2) is 24.5 Å². The number of piperidine rings is 1. The molecule has 2 heterocycles. The van der Waals surface area contributed by atoms with Gasteiger partial charge in [-0.3, -0.25) is 24.2 Å². The van der Waals surface area contributed by atoms with Gasteiger partial charge >= 0.3 is 11.8 Å². The minimum absolute atomic E-state index is 0. The number of hydrogen-bond donors (Lipinski definition) is 3. The van der Waals surface area contributed by atoms with Crippen molar-refractivity contribution in [3.63, 3.8) is 0 Å². The number of anilines is 1. The molecule has 33 heavy (non-hydrogen) atoms. The van der Waals surface area contributed by atoms with Gasteiger partial charge in [0.05, 0.1) is 0 Å². The molecule has 11 heteroatoms. The molecule has 2 aliphatic rings. The number of aromatic nitrogens is 1. The number of nitrogens with one attached hydrogen (secondary N) is 2. The van der Waals surface area contributed by atoms with E-state index in [2.05, 4.69) is 20.5 Å². The highest BCUT2D eigenvalue weighted by molar-refractivity contribution is 6.34. The zero-order valence-corrected chi connectivity index (χ0v) is 19.8. The van der Waals surface area contributed by atoms with Crippen LogP contribution < -0.4 is 21.3 Å². The van der Waals surface area contributed by atoms with Crippen molar-refractivity contribution in [2.24, 2.45) is 17.6 Å². The molecule has 0 aromatic carbocycles. The fourth-order valence-electron chi connectivity index (χ4n) is 4.59. The molecule has 1 aliphatic carbocycles. The Labute approximate surface area is 200 Å². The van der Waals surface area contributed by atoms with Crippen LogP contribution >= 0.6 is 12.4 Å². The molecule has 1 aromatic heterocycles. The molecule has 0 spiro atoms. The van der Waals surface area contributed by atoms with E-state index in [-0.39, 0.29) is 36.1 Å². The Bertz CT molecular complexity index is 845. The summed E-state index contributed by atoms with van der Waals surface area (Å²) in [5, 5.41) is 5.68.